The molecule has 2 heterocycles. The minimum atomic E-state index is -0.201. The lowest BCUT2D eigenvalue weighted by Crippen LogP contribution is -2.45. The Labute approximate surface area is 158 Å². The lowest BCUT2D eigenvalue weighted by atomic mass is 10.0. The van der Waals surface area contributed by atoms with Gasteiger partial charge in [-0.25, -0.2) is 4.39 Å². The van der Waals surface area contributed by atoms with E-state index in [-0.39, 0.29) is 31.1 Å². The Morgan fingerprint density at radius 3 is 2.96 bits per heavy atom. The zero-order chi connectivity index (χ0) is 17.2. The van der Waals surface area contributed by atoms with E-state index in [1.54, 1.807) is 19.2 Å². The standard InChI is InChI=1S/C19H21FN2O3.ClH/c1-23-17-7-13(8-18-19(17)25-12-24-18)11-22-6-5-21-10-16(22)14-3-2-4-15(20)9-14;/h2-4,7-9,16,21H,5-6,10-12H2,1H3;1H. The molecule has 0 radical (unpaired) electrons. The molecule has 7 heteroatoms. The smallest absolute Gasteiger partial charge is 0.231 e. The predicted octanol–water partition coefficient (Wildman–Crippen LogP) is 3.13. The second-order valence-corrected chi connectivity index (χ2v) is 6.28. The van der Waals surface area contributed by atoms with Crippen LogP contribution in [0.1, 0.15) is 17.2 Å². The number of hydrogen-bond donors (Lipinski definition) is 1. The van der Waals surface area contributed by atoms with Gasteiger partial charge in [0.25, 0.3) is 0 Å². The van der Waals surface area contributed by atoms with E-state index in [9.17, 15) is 4.39 Å². The number of rotatable bonds is 4. The van der Waals surface area contributed by atoms with Crippen molar-refractivity contribution in [2.45, 2.75) is 12.6 Å². The molecule has 1 unspecified atom stereocenters. The molecule has 1 saturated heterocycles. The first kappa shape index (κ1) is 18.8. The summed E-state index contributed by atoms with van der Waals surface area (Å²) >= 11 is 0. The monoisotopic (exact) mass is 380 g/mol. The molecule has 2 aromatic carbocycles. The predicted molar refractivity (Wildman–Crippen MR) is 98.8 cm³/mol. The Hall–Kier alpha value is -2.02. The lowest BCUT2D eigenvalue weighted by Gasteiger charge is -2.36. The number of halogens is 2. The first-order chi connectivity index (χ1) is 12.2. The normalized spacial score (nSPS) is 19.1. The zero-order valence-corrected chi connectivity index (χ0v) is 15.4. The van der Waals surface area contributed by atoms with Crippen molar-refractivity contribution in [1.82, 2.24) is 10.2 Å². The quantitative estimate of drug-likeness (QED) is 0.882. The number of nitrogens with zero attached hydrogens (tertiary/aromatic N) is 1. The fourth-order valence-electron chi connectivity index (χ4n) is 3.49. The van der Waals surface area contributed by atoms with Crippen molar-refractivity contribution in [3.05, 3.63) is 53.3 Å². The maximum Gasteiger partial charge on any atom is 0.231 e. The number of piperazine rings is 1. The number of nitrogens with one attached hydrogen (secondary N) is 1. The molecule has 4 rings (SSSR count). The van der Waals surface area contributed by atoms with E-state index in [4.69, 9.17) is 14.2 Å². The van der Waals surface area contributed by atoms with Gasteiger partial charge >= 0.3 is 0 Å². The van der Waals surface area contributed by atoms with Crippen LogP contribution in [0.15, 0.2) is 36.4 Å². The Balaban J connectivity index is 0.00000196. The Morgan fingerprint density at radius 2 is 2.15 bits per heavy atom. The summed E-state index contributed by atoms with van der Waals surface area (Å²) in [5, 5.41) is 3.40. The van der Waals surface area contributed by atoms with Gasteiger partial charge in [0, 0.05) is 32.2 Å². The minimum Gasteiger partial charge on any atom is -0.493 e. The van der Waals surface area contributed by atoms with Crippen LogP contribution in [-0.4, -0.2) is 38.4 Å². The van der Waals surface area contributed by atoms with E-state index in [0.717, 1.165) is 37.3 Å². The number of ether oxygens (including phenoxy) is 3. The molecule has 0 bridgehead atoms. The molecule has 1 fully saturated rings. The lowest BCUT2D eigenvalue weighted by molar-refractivity contribution is 0.153. The van der Waals surface area contributed by atoms with Crippen LogP contribution in [0.25, 0.3) is 0 Å². The van der Waals surface area contributed by atoms with Crippen molar-refractivity contribution >= 4 is 12.4 Å². The van der Waals surface area contributed by atoms with E-state index in [1.165, 1.54) is 6.07 Å². The fraction of sp³-hybridized carbons (Fsp3) is 0.368. The Kier molecular flexibility index (Phi) is 5.86. The van der Waals surface area contributed by atoms with E-state index in [2.05, 4.69) is 10.2 Å². The molecule has 0 amide bonds. The largest absolute Gasteiger partial charge is 0.493 e. The van der Waals surface area contributed by atoms with Gasteiger partial charge in [-0.15, -0.1) is 12.4 Å². The Bertz CT molecular complexity index is 774. The summed E-state index contributed by atoms with van der Waals surface area (Å²) in [5.41, 5.74) is 2.07. The third kappa shape index (κ3) is 3.72. The van der Waals surface area contributed by atoms with Gasteiger partial charge in [-0.05, 0) is 35.4 Å². The average molecular weight is 381 g/mol. The van der Waals surface area contributed by atoms with Crippen LogP contribution < -0.4 is 19.5 Å². The molecule has 140 valence electrons. The summed E-state index contributed by atoms with van der Waals surface area (Å²) in [5.74, 6) is 1.86. The molecule has 0 spiro atoms. The maximum absolute atomic E-state index is 13.6. The van der Waals surface area contributed by atoms with Gasteiger partial charge < -0.3 is 19.5 Å². The number of methoxy groups -OCH3 is 1. The van der Waals surface area contributed by atoms with Crippen molar-refractivity contribution in [3.8, 4) is 17.2 Å². The summed E-state index contributed by atoms with van der Waals surface area (Å²) in [6, 6.07) is 10.9. The van der Waals surface area contributed by atoms with Gasteiger partial charge in [-0.3, -0.25) is 4.90 Å². The van der Waals surface area contributed by atoms with Crippen molar-refractivity contribution in [2.24, 2.45) is 0 Å². The van der Waals surface area contributed by atoms with Crippen molar-refractivity contribution in [2.75, 3.05) is 33.5 Å². The van der Waals surface area contributed by atoms with Crippen molar-refractivity contribution in [3.63, 3.8) is 0 Å². The highest BCUT2D eigenvalue weighted by Crippen LogP contribution is 2.42. The van der Waals surface area contributed by atoms with Crippen LogP contribution in [0.4, 0.5) is 4.39 Å². The minimum absolute atomic E-state index is 0. The van der Waals surface area contributed by atoms with Gasteiger partial charge in [0.15, 0.2) is 11.5 Å². The van der Waals surface area contributed by atoms with Crippen LogP contribution in [0.5, 0.6) is 17.2 Å². The molecule has 2 aliphatic heterocycles. The van der Waals surface area contributed by atoms with Gasteiger partial charge in [-0.1, -0.05) is 12.1 Å². The van der Waals surface area contributed by atoms with Crippen molar-refractivity contribution < 1.29 is 18.6 Å². The third-order valence-electron chi connectivity index (χ3n) is 4.69. The molecule has 5 nitrogen and oxygen atoms in total. The molecular formula is C19H22ClFN2O3. The molecule has 2 aromatic rings. The summed E-state index contributed by atoms with van der Waals surface area (Å²) in [6.07, 6.45) is 0. The maximum atomic E-state index is 13.6. The second-order valence-electron chi connectivity index (χ2n) is 6.28. The molecule has 2 aliphatic rings. The van der Waals surface area contributed by atoms with Crippen LogP contribution in [0.2, 0.25) is 0 Å². The van der Waals surface area contributed by atoms with Crippen molar-refractivity contribution in [1.29, 1.82) is 0 Å². The second kappa shape index (κ2) is 8.12. The summed E-state index contributed by atoms with van der Waals surface area (Å²) in [4.78, 5) is 2.35. The molecule has 0 aliphatic carbocycles. The Morgan fingerprint density at radius 1 is 1.27 bits per heavy atom. The van der Waals surface area contributed by atoms with E-state index >= 15 is 0 Å². The molecule has 1 N–H and O–H groups in total. The first-order valence-electron chi connectivity index (χ1n) is 8.41. The summed E-state index contributed by atoms with van der Waals surface area (Å²) in [7, 11) is 1.63. The number of hydrogen-bond acceptors (Lipinski definition) is 5. The van der Waals surface area contributed by atoms with E-state index < -0.39 is 0 Å². The highest BCUT2D eigenvalue weighted by atomic mass is 35.5. The van der Waals surface area contributed by atoms with E-state index in [1.807, 2.05) is 18.2 Å². The van der Waals surface area contributed by atoms with E-state index in [0.29, 0.717) is 17.2 Å². The fourth-order valence-corrected chi connectivity index (χ4v) is 3.49. The van der Waals surface area contributed by atoms with Gasteiger partial charge in [-0.2, -0.15) is 0 Å². The molecular weight excluding hydrogens is 359 g/mol. The van der Waals surface area contributed by atoms with Gasteiger partial charge in [0.2, 0.25) is 12.5 Å². The SMILES string of the molecule is COc1cc(CN2CCNCC2c2cccc(F)c2)cc2c1OCO2.Cl. The van der Waals surface area contributed by atoms with Gasteiger partial charge in [0.1, 0.15) is 5.82 Å². The average Bonchev–Trinajstić information content (AvgIpc) is 3.10. The summed E-state index contributed by atoms with van der Waals surface area (Å²) in [6.45, 7) is 3.54. The number of fused-ring (bicyclic) bond motifs is 1. The molecule has 1 atom stereocenters. The zero-order valence-electron chi connectivity index (χ0n) is 14.5. The summed E-state index contributed by atoms with van der Waals surface area (Å²) < 4.78 is 30.0. The molecule has 0 saturated carbocycles. The molecule has 0 aromatic heterocycles. The van der Waals surface area contributed by atoms with Crippen LogP contribution in [-0.2, 0) is 6.54 Å². The first-order valence-corrected chi connectivity index (χ1v) is 8.41. The topological polar surface area (TPSA) is 43.0 Å². The highest BCUT2D eigenvalue weighted by Gasteiger charge is 2.26. The van der Waals surface area contributed by atoms with Crippen LogP contribution in [0, 0.1) is 5.82 Å². The highest BCUT2D eigenvalue weighted by molar-refractivity contribution is 5.85. The third-order valence-corrected chi connectivity index (χ3v) is 4.69. The van der Waals surface area contributed by atoms with Gasteiger partial charge in [0.05, 0.1) is 7.11 Å². The molecule has 26 heavy (non-hydrogen) atoms. The number of benzene rings is 2. The van der Waals surface area contributed by atoms with Crippen LogP contribution >= 0.6 is 12.4 Å². The van der Waals surface area contributed by atoms with Crippen LogP contribution in [0.3, 0.4) is 0 Å².